The van der Waals surface area contributed by atoms with Gasteiger partial charge in [0.1, 0.15) is 5.82 Å². The number of nitrogens with zero attached hydrogens (tertiary/aromatic N) is 7. The van der Waals surface area contributed by atoms with Crippen LogP contribution in [0.25, 0.3) is 11.3 Å². The Kier molecular flexibility index (Phi) is 4.65. The maximum atomic E-state index is 11.3. The van der Waals surface area contributed by atoms with Gasteiger partial charge in [0.15, 0.2) is 0 Å². The maximum Gasteiger partial charge on any atom is 0.228 e. The zero-order valence-corrected chi connectivity index (χ0v) is 17.1. The number of amides is 1. The summed E-state index contributed by atoms with van der Waals surface area (Å²) in [6.07, 6.45) is 6.15. The fourth-order valence-corrected chi connectivity index (χ4v) is 4.66. The zero-order chi connectivity index (χ0) is 20.7. The molecule has 0 spiro atoms. The summed E-state index contributed by atoms with van der Waals surface area (Å²) in [4.78, 5) is 36.0. The molecule has 0 aromatic carbocycles. The third-order valence-corrected chi connectivity index (χ3v) is 6.34. The van der Waals surface area contributed by atoms with Crippen molar-refractivity contribution in [3.05, 3.63) is 18.0 Å². The van der Waals surface area contributed by atoms with Gasteiger partial charge in [0.2, 0.25) is 18.3 Å². The predicted octanol–water partition coefficient (Wildman–Crippen LogP) is 0.336. The van der Waals surface area contributed by atoms with Crippen molar-refractivity contribution in [1.82, 2.24) is 24.8 Å². The Labute approximate surface area is 175 Å². The third-order valence-electron chi connectivity index (χ3n) is 6.34. The van der Waals surface area contributed by atoms with Gasteiger partial charge in [-0.1, -0.05) is 0 Å². The van der Waals surface area contributed by atoms with Crippen molar-refractivity contribution >= 4 is 24.1 Å². The van der Waals surface area contributed by atoms with Crippen LogP contribution in [-0.4, -0.2) is 82.7 Å². The predicted molar refractivity (Wildman–Crippen MR) is 112 cm³/mol. The Bertz CT molecular complexity index is 947. The van der Waals surface area contributed by atoms with Gasteiger partial charge in [-0.05, 0) is 19.8 Å². The Morgan fingerprint density at radius 3 is 2.60 bits per heavy atom. The molecular weight excluding hydrogens is 384 g/mol. The van der Waals surface area contributed by atoms with Gasteiger partial charge in [0.05, 0.1) is 24.4 Å². The fourth-order valence-electron chi connectivity index (χ4n) is 4.66. The van der Waals surface area contributed by atoms with E-state index in [9.17, 15) is 4.79 Å². The lowest BCUT2D eigenvalue weighted by Gasteiger charge is -2.37. The topological polar surface area (TPSA) is 114 Å². The highest BCUT2D eigenvalue weighted by molar-refractivity contribution is 5.73. The minimum absolute atomic E-state index is 0.141. The molecule has 0 aliphatic carbocycles. The normalized spacial score (nSPS) is 23.7. The summed E-state index contributed by atoms with van der Waals surface area (Å²) < 4.78 is 5.50. The number of rotatable bonds is 4. The van der Waals surface area contributed by atoms with Crippen molar-refractivity contribution in [3.63, 3.8) is 0 Å². The Balaban J connectivity index is 1.59. The molecule has 5 heterocycles. The number of hydrogen-bond acceptors (Lipinski definition) is 9. The largest absolute Gasteiger partial charge is 0.378 e. The van der Waals surface area contributed by atoms with Crippen LogP contribution in [0, 0.1) is 0 Å². The van der Waals surface area contributed by atoms with Crippen LogP contribution in [0.3, 0.4) is 0 Å². The van der Waals surface area contributed by atoms with Crippen molar-refractivity contribution in [1.29, 1.82) is 0 Å². The van der Waals surface area contributed by atoms with Crippen LogP contribution in [0.2, 0.25) is 0 Å². The van der Waals surface area contributed by atoms with Gasteiger partial charge in [-0.15, -0.1) is 0 Å². The smallest absolute Gasteiger partial charge is 0.228 e. The highest BCUT2D eigenvalue weighted by Crippen LogP contribution is 2.41. The van der Waals surface area contributed by atoms with Crippen molar-refractivity contribution in [2.24, 2.45) is 0 Å². The van der Waals surface area contributed by atoms with Crippen LogP contribution >= 0.6 is 0 Å². The number of likely N-dealkylation sites (tertiary alicyclic amines) is 1. The number of anilines is 3. The summed E-state index contributed by atoms with van der Waals surface area (Å²) in [5.41, 5.74) is 8.35. The van der Waals surface area contributed by atoms with E-state index in [2.05, 4.69) is 26.7 Å². The first-order chi connectivity index (χ1) is 14.6. The summed E-state index contributed by atoms with van der Waals surface area (Å²) in [7, 11) is 0. The van der Waals surface area contributed by atoms with Crippen molar-refractivity contribution in [2.45, 2.75) is 25.3 Å². The number of aromatic nitrogens is 4. The Morgan fingerprint density at radius 1 is 1.13 bits per heavy atom. The van der Waals surface area contributed by atoms with E-state index >= 15 is 0 Å². The molecule has 0 bridgehead atoms. The Morgan fingerprint density at radius 2 is 1.90 bits per heavy atom. The first-order valence-corrected chi connectivity index (χ1v) is 10.4. The van der Waals surface area contributed by atoms with Gasteiger partial charge in [-0.2, -0.15) is 4.98 Å². The van der Waals surface area contributed by atoms with Crippen LogP contribution in [-0.2, 0) is 16.0 Å². The highest BCUT2D eigenvalue weighted by atomic mass is 16.5. The molecule has 158 valence electrons. The molecule has 1 amide bonds. The van der Waals surface area contributed by atoms with Crippen molar-refractivity contribution in [2.75, 3.05) is 61.5 Å². The molecule has 2 saturated heterocycles. The first-order valence-electron chi connectivity index (χ1n) is 10.4. The van der Waals surface area contributed by atoms with E-state index in [1.807, 2.05) is 4.90 Å². The quantitative estimate of drug-likeness (QED) is 0.713. The fraction of sp³-hybridized carbons (Fsp3) is 0.550. The molecule has 5 rings (SSSR count). The molecule has 3 aliphatic rings. The van der Waals surface area contributed by atoms with Gasteiger partial charge in [-0.3, -0.25) is 4.79 Å². The van der Waals surface area contributed by atoms with E-state index in [0.717, 1.165) is 68.1 Å². The maximum absolute atomic E-state index is 11.3. The van der Waals surface area contributed by atoms with Crippen LogP contribution in [0.1, 0.15) is 18.9 Å². The molecule has 0 saturated carbocycles. The van der Waals surface area contributed by atoms with E-state index in [-0.39, 0.29) is 11.5 Å². The summed E-state index contributed by atoms with van der Waals surface area (Å²) in [5, 5.41) is 0. The standard InChI is InChI=1S/C20H26N8O2/c1-20(3-5-26(12-20)13-29)28-4-2-15-16(14-10-22-18(21)23-11-14)24-19(25-17(15)28)27-6-8-30-9-7-27/h10-11,13H,2-9,12H2,1H3,(H2,21,22,23)/t20-/m0/s1. The van der Waals surface area contributed by atoms with Crippen molar-refractivity contribution < 1.29 is 9.53 Å². The van der Waals surface area contributed by atoms with Crippen LogP contribution in [0.5, 0.6) is 0 Å². The van der Waals surface area contributed by atoms with Gasteiger partial charge in [0.25, 0.3) is 0 Å². The van der Waals surface area contributed by atoms with Gasteiger partial charge in [-0.25, -0.2) is 15.0 Å². The number of fused-ring (bicyclic) bond motifs is 1. The zero-order valence-electron chi connectivity index (χ0n) is 17.1. The van der Waals surface area contributed by atoms with Gasteiger partial charge < -0.3 is 25.2 Å². The van der Waals surface area contributed by atoms with Gasteiger partial charge in [0, 0.05) is 56.2 Å². The molecule has 10 nitrogen and oxygen atoms in total. The molecule has 2 aromatic rings. The molecule has 0 radical (unpaired) electrons. The molecule has 2 fully saturated rings. The summed E-state index contributed by atoms with van der Waals surface area (Å²) in [6.45, 7) is 7.38. The lowest BCUT2D eigenvalue weighted by Crippen LogP contribution is -2.48. The minimum Gasteiger partial charge on any atom is -0.378 e. The minimum atomic E-state index is -0.141. The summed E-state index contributed by atoms with van der Waals surface area (Å²) in [6, 6.07) is 0. The number of carbonyl (C=O) groups excluding carboxylic acids is 1. The Hall–Kier alpha value is -3.01. The molecular formula is C20H26N8O2. The molecule has 1 atom stereocenters. The second-order valence-electron chi connectivity index (χ2n) is 8.33. The molecule has 3 aliphatic heterocycles. The number of hydrogen-bond donors (Lipinski definition) is 1. The molecule has 2 N–H and O–H groups in total. The first kappa shape index (κ1) is 19.0. The van der Waals surface area contributed by atoms with E-state index in [0.29, 0.717) is 25.7 Å². The monoisotopic (exact) mass is 410 g/mol. The van der Waals surface area contributed by atoms with E-state index in [4.69, 9.17) is 20.4 Å². The highest BCUT2D eigenvalue weighted by Gasteiger charge is 2.43. The molecule has 2 aromatic heterocycles. The number of ether oxygens (including phenoxy) is 1. The lowest BCUT2D eigenvalue weighted by molar-refractivity contribution is -0.117. The van der Waals surface area contributed by atoms with Crippen LogP contribution < -0.4 is 15.5 Å². The van der Waals surface area contributed by atoms with Crippen LogP contribution in [0.4, 0.5) is 17.7 Å². The van der Waals surface area contributed by atoms with Gasteiger partial charge >= 0.3 is 0 Å². The third kappa shape index (κ3) is 3.20. The van der Waals surface area contributed by atoms with E-state index < -0.39 is 0 Å². The second kappa shape index (κ2) is 7.35. The van der Waals surface area contributed by atoms with E-state index in [1.54, 1.807) is 12.4 Å². The molecule has 0 unspecified atom stereocenters. The number of nitrogen functional groups attached to an aromatic ring is 1. The van der Waals surface area contributed by atoms with E-state index in [1.165, 1.54) is 0 Å². The number of carbonyl (C=O) groups is 1. The average molecular weight is 410 g/mol. The average Bonchev–Trinajstić information content (AvgIpc) is 3.39. The second-order valence-corrected chi connectivity index (χ2v) is 8.33. The van der Waals surface area contributed by atoms with Crippen molar-refractivity contribution in [3.8, 4) is 11.3 Å². The summed E-state index contributed by atoms with van der Waals surface area (Å²) >= 11 is 0. The SMILES string of the molecule is C[C@]1(N2CCc3c(-c4cnc(N)nc4)nc(N4CCOCC4)nc32)CCN(C=O)C1. The lowest BCUT2D eigenvalue weighted by atomic mass is 9.99. The number of nitrogens with two attached hydrogens (primary N) is 1. The van der Waals surface area contributed by atoms with Crippen LogP contribution in [0.15, 0.2) is 12.4 Å². The summed E-state index contributed by atoms with van der Waals surface area (Å²) in [5.74, 6) is 1.89. The molecule has 10 heteroatoms. The number of morpholine rings is 1. The molecule has 30 heavy (non-hydrogen) atoms.